The maximum Gasteiger partial charge on any atom is 0.128 e. The van der Waals surface area contributed by atoms with E-state index in [0.717, 1.165) is 18.5 Å². The van der Waals surface area contributed by atoms with E-state index in [4.69, 9.17) is 5.73 Å². The Morgan fingerprint density at radius 3 is 2.38 bits per heavy atom. The normalized spacial score (nSPS) is 12.2. The first-order valence-corrected chi connectivity index (χ1v) is 7.39. The number of rotatable bonds is 6. The molecule has 0 aliphatic carbocycles. The molecule has 0 bridgehead atoms. The van der Waals surface area contributed by atoms with Gasteiger partial charge in [-0.25, -0.2) is 4.39 Å². The van der Waals surface area contributed by atoms with Crippen molar-refractivity contribution < 1.29 is 4.39 Å². The van der Waals surface area contributed by atoms with Crippen LogP contribution < -0.4 is 10.6 Å². The fraction of sp³-hybridized carbons (Fsp3) is 0.333. The van der Waals surface area contributed by atoms with Crippen LogP contribution in [-0.2, 0) is 13.0 Å². The third kappa shape index (κ3) is 4.30. The first-order chi connectivity index (χ1) is 10.1. The van der Waals surface area contributed by atoms with Crippen molar-refractivity contribution in [2.24, 2.45) is 5.73 Å². The molecule has 0 saturated carbocycles. The van der Waals surface area contributed by atoms with E-state index in [1.807, 2.05) is 24.1 Å². The van der Waals surface area contributed by atoms with Crippen molar-refractivity contribution >= 4 is 5.69 Å². The molecule has 2 N–H and O–H groups in total. The molecule has 112 valence electrons. The lowest BCUT2D eigenvalue weighted by atomic mass is 10.0. The van der Waals surface area contributed by atoms with Gasteiger partial charge >= 0.3 is 0 Å². The van der Waals surface area contributed by atoms with Crippen molar-refractivity contribution in [3.8, 4) is 0 Å². The van der Waals surface area contributed by atoms with Gasteiger partial charge in [0, 0.05) is 30.9 Å². The lowest BCUT2D eigenvalue weighted by Crippen LogP contribution is -2.21. The zero-order chi connectivity index (χ0) is 15.2. The summed E-state index contributed by atoms with van der Waals surface area (Å²) < 4.78 is 13.7. The Morgan fingerprint density at radius 1 is 1.10 bits per heavy atom. The SMILES string of the molecule is CCC(N)Cc1ccc(N(C)Cc2ccccc2F)cc1. The second-order valence-electron chi connectivity index (χ2n) is 5.49. The van der Waals surface area contributed by atoms with Crippen LogP contribution in [0.15, 0.2) is 48.5 Å². The highest BCUT2D eigenvalue weighted by Gasteiger charge is 2.07. The van der Waals surface area contributed by atoms with Crippen LogP contribution >= 0.6 is 0 Å². The number of anilines is 1. The van der Waals surface area contributed by atoms with Crippen LogP contribution in [-0.4, -0.2) is 13.1 Å². The summed E-state index contributed by atoms with van der Waals surface area (Å²) in [4.78, 5) is 2.04. The third-order valence-electron chi connectivity index (χ3n) is 3.76. The molecule has 0 radical (unpaired) electrons. The Morgan fingerprint density at radius 2 is 1.76 bits per heavy atom. The molecule has 2 aromatic rings. The molecule has 0 aliphatic rings. The quantitative estimate of drug-likeness (QED) is 0.876. The van der Waals surface area contributed by atoms with Crippen LogP contribution in [0.3, 0.4) is 0 Å². The molecule has 21 heavy (non-hydrogen) atoms. The first-order valence-electron chi connectivity index (χ1n) is 7.39. The highest BCUT2D eigenvalue weighted by Crippen LogP contribution is 2.18. The molecular weight excluding hydrogens is 263 g/mol. The minimum atomic E-state index is -0.158. The van der Waals surface area contributed by atoms with Crippen LogP contribution in [0.1, 0.15) is 24.5 Å². The van der Waals surface area contributed by atoms with Gasteiger partial charge in [-0.05, 0) is 36.6 Å². The van der Waals surface area contributed by atoms with E-state index in [9.17, 15) is 4.39 Å². The van der Waals surface area contributed by atoms with E-state index in [0.29, 0.717) is 12.1 Å². The fourth-order valence-electron chi connectivity index (χ4n) is 2.31. The van der Waals surface area contributed by atoms with Gasteiger partial charge in [-0.2, -0.15) is 0 Å². The summed E-state index contributed by atoms with van der Waals surface area (Å²) in [6.45, 7) is 2.65. The van der Waals surface area contributed by atoms with Crippen molar-refractivity contribution in [1.82, 2.24) is 0 Å². The standard InChI is InChI=1S/C18H23FN2/c1-3-16(20)12-14-8-10-17(11-9-14)21(2)13-15-6-4-5-7-18(15)19/h4-11,16H,3,12-13,20H2,1-2H3. The average molecular weight is 286 g/mol. The van der Waals surface area contributed by atoms with Crippen molar-refractivity contribution in [3.63, 3.8) is 0 Å². The van der Waals surface area contributed by atoms with Gasteiger partial charge in [-0.3, -0.25) is 0 Å². The monoisotopic (exact) mass is 286 g/mol. The van der Waals surface area contributed by atoms with E-state index in [1.165, 1.54) is 11.6 Å². The molecule has 2 nitrogen and oxygen atoms in total. The predicted octanol–water partition coefficient (Wildman–Crippen LogP) is 3.74. The summed E-state index contributed by atoms with van der Waals surface area (Å²) >= 11 is 0. The molecule has 2 aromatic carbocycles. The summed E-state index contributed by atoms with van der Waals surface area (Å²) in [5.74, 6) is -0.158. The molecule has 0 spiro atoms. The van der Waals surface area contributed by atoms with E-state index >= 15 is 0 Å². The van der Waals surface area contributed by atoms with E-state index in [2.05, 4.69) is 31.2 Å². The molecule has 0 heterocycles. The Balaban J connectivity index is 2.03. The summed E-state index contributed by atoms with van der Waals surface area (Å²) in [7, 11) is 1.97. The minimum absolute atomic E-state index is 0.158. The Hall–Kier alpha value is -1.87. The average Bonchev–Trinajstić information content (AvgIpc) is 2.50. The Kier molecular flexibility index (Phi) is 5.34. The maximum absolute atomic E-state index is 13.7. The Labute approximate surface area is 126 Å². The minimum Gasteiger partial charge on any atom is -0.370 e. The van der Waals surface area contributed by atoms with Crippen LogP contribution in [0.2, 0.25) is 0 Å². The molecule has 1 unspecified atom stereocenters. The molecule has 0 amide bonds. The molecule has 0 aliphatic heterocycles. The van der Waals surface area contributed by atoms with Gasteiger partial charge < -0.3 is 10.6 Å². The largest absolute Gasteiger partial charge is 0.370 e. The van der Waals surface area contributed by atoms with Gasteiger partial charge in [0.2, 0.25) is 0 Å². The van der Waals surface area contributed by atoms with Crippen molar-refractivity contribution in [2.75, 3.05) is 11.9 Å². The van der Waals surface area contributed by atoms with Gasteiger partial charge in [0.15, 0.2) is 0 Å². The third-order valence-corrected chi connectivity index (χ3v) is 3.76. The van der Waals surface area contributed by atoms with Gasteiger partial charge in [-0.1, -0.05) is 37.3 Å². The van der Waals surface area contributed by atoms with Gasteiger partial charge in [0.25, 0.3) is 0 Å². The zero-order valence-electron chi connectivity index (χ0n) is 12.7. The smallest absolute Gasteiger partial charge is 0.128 e. The van der Waals surface area contributed by atoms with Crippen LogP contribution in [0.4, 0.5) is 10.1 Å². The molecule has 1 atom stereocenters. The van der Waals surface area contributed by atoms with Crippen molar-refractivity contribution in [1.29, 1.82) is 0 Å². The van der Waals surface area contributed by atoms with Gasteiger partial charge in [0.05, 0.1) is 0 Å². The number of nitrogens with zero attached hydrogens (tertiary/aromatic N) is 1. The van der Waals surface area contributed by atoms with Gasteiger partial charge in [0.1, 0.15) is 5.82 Å². The second kappa shape index (κ2) is 7.23. The molecule has 0 saturated heterocycles. The summed E-state index contributed by atoms with van der Waals surface area (Å²) in [6.07, 6.45) is 1.88. The number of benzene rings is 2. The fourth-order valence-corrected chi connectivity index (χ4v) is 2.31. The number of hydrogen-bond acceptors (Lipinski definition) is 2. The molecule has 0 aromatic heterocycles. The number of nitrogens with two attached hydrogens (primary N) is 1. The predicted molar refractivity (Wildman–Crippen MR) is 86.9 cm³/mol. The lowest BCUT2D eigenvalue weighted by Gasteiger charge is -2.20. The highest BCUT2D eigenvalue weighted by atomic mass is 19.1. The summed E-state index contributed by atoms with van der Waals surface area (Å²) in [5, 5.41) is 0. The number of hydrogen-bond donors (Lipinski definition) is 1. The highest BCUT2D eigenvalue weighted by molar-refractivity contribution is 5.47. The van der Waals surface area contributed by atoms with Crippen LogP contribution in [0.25, 0.3) is 0 Å². The summed E-state index contributed by atoms with van der Waals surface area (Å²) in [6, 6.07) is 15.4. The van der Waals surface area contributed by atoms with E-state index < -0.39 is 0 Å². The maximum atomic E-state index is 13.7. The molecule has 0 fully saturated rings. The second-order valence-corrected chi connectivity index (χ2v) is 5.49. The van der Waals surface area contributed by atoms with Crippen molar-refractivity contribution in [2.45, 2.75) is 32.4 Å². The van der Waals surface area contributed by atoms with E-state index in [1.54, 1.807) is 6.07 Å². The summed E-state index contributed by atoms with van der Waals surface area (Å²) in [5.41, 5.74) is 8.99. The molecule has 2 rings (SSSR count). The lowest BCUT2D eigenvalue weighted by molar-refractivity contribution is 0.608. The molecular formula is C18H23FN2. The topological polar surface area (TPSA) is 29.3 Å². The zero-order valence-corrected chi connectivity index (χ0v) is 12.7. The van der Waals surface area contributed by atoms with Crippen LogP contribution in [0.5, 0.6) is 0 Å². The van der Waals surface area contributed by atoms with Crippen LogP contribution in [0, 0.1) is 5.82 Å². The number of halogens is 1. The van der Waals surface area contributed by atoms with Gasteiger partial charge in [-0.15, -0.1) is 0 Å². The first kappa shape index (κ1) is 15.5. The van der Waals surface area contributed by atoms with E-state index in [-0.39, 0.29) is 11.9 Å². The van der Waals surface area contributed by atoms with Crippen molar-refractivity contribution in [3.05, 3.63) is 65.5 Å². The molecule has 3 heteroatoms. The Bertz CT molecular complexity index is 566.